The number of halogens is 2. The first kappa shape index (κ1) is 22.3. The van der Waals surface area contributed by atoms with E-state index in [-0.39, 0.29) is 30.9 Å². The quantitative estimate of drug-likeness (QED) is 0.694. The highest BCUT2D eigenvalue weighted by Crippen LogP contribution is 2.15. The molecule has 2 aromatic carbocycles. The Hall–Kier alpha value is -2.96. The number of carbonyl (C=O) groups is 2. The first-order valence-electron chi connectivity index (χ1n) is 9.52. The molecule has 0 bridgehead atoms. The summed E-state index contributed by atoms with van der Waals surface area (Å²) in [6.07, 6.45) is 0.405. The molecule has 0 spiro atoms. The second kappa shape index (κ2) is 10.5. The van der Waals surface area contributed by atoms with Gasteiger partial charge < -0.3 is 15.0 Å². The standard InChI is InChI=1S/C22H26F2N2O3/c1-4-20(22(28)25-15(2)3)26(13-16-5-7-17(23)8-6-16)21(27)14-29-19-11-9-18(24)10-12-19/h5-12,15,20H,4,13-14H2,1-3H3,(H,25,28). The van der Waals surface area contributed by atoms with Gasteiger partial charge in [-0.2, -0.15) is 0 Å². The van der Waals surface area contributed by atoms with Crippen LogP contribution >= 0.6 is 0 Å². The molecule has 1 unspecified atom stereocenters. The Labute approximate surface area is 169 Å². The van der Waals surface area contributed by atoms with Gasteiger partial charge in [-0.1, -0.05) is 19.1 Å². The van der Waals surface area contributed by atoms with E-state index in [4.69, 9.17) is 4.74 Å². The first-order valence-corrected chi connectivity index (χ1v) is 9.52. The molecule has 0 radical (unpaired) electrons. The maximum absolute atomic E-state index is 13.2. The zero-order valence-electron chi connectivity index (χ0n) is 16.8. The highest BCUT2D eigenvalue weighted by molar-refractivity contribution is 5.88. The van der Waals surface area contributed by atoms with Gasteiger partial charge in [-0.3, -0.25) is 9.59 Å². The summed E-state index contributed by atoms with van der Waals surface area (Å²) in [5, 5.41) is 2.83. The summed E-state index contributed by atoms with van der Waals surface area (Å²) in [5.74, 6) is -1.10. The van der Waals surface area contributed by atoms with Crippen LogP contribution in [-0.4, -0.2) is 35.4 Å². The lowest BCUT2D eigenvalue weighted by Crippen LogP contribution is -2.51. The molecule has 0 saturated carbocycles. The number of carbonyl (C=O) groups excluding carboxylic acids is 2. The summed E-state index contributed by atoms with van der Waals surface area (Å²) < 4.78 is 31.7. The summed E-state index contributed by atoms with van der Waals surface area (Å²) in [6, 6.07) is 10.3. The lowest BCUT2D eigenvalue weighted by atomic mass is 10.1. The average Bonchev–Trinajstić information content (AvgIpc) is 2.68. The zero-order chi connectivity index (χ0) is 21.4. The van der Waals surface area contributed by atoms with Gasteiger partial charge in [0.05, 0.1) is 0 Å². The van der Waals surface area contributed by atoms with Gasteiger partial charge in [0.1, 0.15) is 23.4 Å². The van der Waals surface area contributed by atoms with E-state index in [1.54, 1.807) is 12.1 Å². The Morgan fingerprint density at radius 1 is 1.00 bits per heavy atom. The van der Waals surface area contributed by atoms with Gasteiger partial charge in [0.15, 0.2) is 6.61 Å². The summed E-state index contributed by atoms with van der Waals surface area (Å²) in [4.78, 5) is 27.0. The van der Waals surface area contributed by atoms with Gasteiger partial charge in [0, 0.05) is 12.6 Å². The maximum atomic E-state index is 13.2. The minimum absolute atomic E-state index is 0.0743. The molecule has 1 atom stereocenters. The Balaban J connectivity index is 2.18. The third kappa shape index (κ3) is 6.85. The van der Waals surface area contributed by atoms with Crippen molar-refractivity contribution >= 4 is 11.8 Å². The van der Waals surface area contributed by atoms with E-state index in [1.165, 1.54) is 41.3 Å². The maximum Gasteiger partial charge on any atom is 0.261 e. The van der Waals surface area contributed by atoms with Gasteiger partial charge >= 0.3 is 0 Å². The highest BCUT2D eigenvalue weighted by atomic mass is 19.1. The molecule has 29 heavy (non-hydrogen) atoms. The molecule has 2 amide bonds. The molecule has 0 fully saturated rings. The number of hydrogen-bond acceptors (Lipinski definition) is 3. The fourth-order valence-electron chi connectivity index (χ4n) is 2.85. The minimum atomic E-state index is -0.702. The third-order valence-electron chi connectivity index (χ3n) is 4.26. The van der Waals surface area contributed by atoms with Crippen LogP contribution in [0.5, 0.6) is 5.75 Å². The molecule has 7 heteroatoms. The second-order valence-electron chi connectivity index (χ2n) is 6.98. The van der Waals surface area contributed by atoms with Crippen LogP contribution in [0.25, 0.3) is 0 Å². The average molecular weight is 404 g/mol. The van der Waals surface area contributed by atoms with Crippen molar-refractivity contribution in [2.75, 3.05) is 6.61 Å². The van der Waals surface area contributed by atoms with Crippen LogP contribution in [0.4, 0.5) is 8.78 Å². The number of ether oxygens (including phenoxy) is 1. The number of benzene rings is 2. The van der Waals surface area contributed by atoms with Crippen LogP contribution < -0.4 is 10.1 Å². The van der Waals surface area contributed by atoms with Crippen molar-refractivity contribution in [3.63, 3.8) is 0 Å². The number of amides is 2. The van der Waals surface area contributed by atoms with E-state index in [0.29, 0.717) is 17.7 Å². The molecule has 1 N–H and O–H groups in total. The highest BCUT2D eigenvalue weighted by Gasteiger charge is 2.29. The molecule has 0 aliphatic rings. The SMILES string of the molecule is CCC(C(=O)NC(C)C)N(Cc1ccc(F)cc1)C(=O)COc1ccc(F)cc1. The molecular weight excluding hydrogens is 378 g/mol. The fraction of sp³-hybridized carbons (Fsp3) is 0.364. The van der Waals surface area contributed by atoms with Gasteiger partial charge in [0.2, 0.25) is 5.91 Å². The number of hydrogen-bond donors (Lipinski definition) is 1. The number of rotatable bonds is 9. The van der Waals surface area contributed by atoms with E-state index < -0.39 is 17.8 Å². The van der Waals surface area contributed by atoms with E-state index >= 15 is 0 Å². The molecule has 0 aliphatic carbocycles. The van der Waals surface area contributed by atoms with Gasteiger partial charge in [-0.15, -0.1) is 0 Å². The minimum Gasteiger partial charge on any atom is -0.484 e. The Morgan fingerprint density at radius 3 is 2.07 bits per heavy atom. The van der Waals surface area contributed by atoms with E-state index in [9.17, 15) is 18.4 Å². The Kier molecular flexibility index (Phi) is 8.12. The lowest BCUT2D eigenvalue weighted by Gasteiger charge is -2.31. The predicted octanol–water partition coefficient (Wildman–Crippen LogP) is 3.68. The van der Waals surface area contributed by atoms with Crippen LogP contribution in [-0.2, 0) is 16.1 Å². The summed E-state index contributed by atoms with van der Waals surface area (Å²) in [5.41, 5.74) is 0.692. The van der Waals surface area contributed by atoms with Crippen molar-refractivity contribution in [1.29, 1.82) is 0 Å². The third-order valence-corrected chi connectivity index (χ3v) is 4.26. The largest absolute Gasteiger partial charge is 0.484 e. The van der Waals surface area contributed by atoms with Crippen LogP contribution in [0.15, 0.2) is 48.5 Å². The normalized spacial score (nSPS) is 11.8. The predicted molar refractivity (Wildman–Crippen MR) is 106 cm³/mol. The zero-order valence-corrected chi connectivity index (χ0v) is 16.8. The number of nitrogens with one attached hydrogen (secondary N) is 1. The second-order valence-corrected chi connectivity index (χ2v) is 6.98. The van der Waals surface area contributed by atoms with E-state index in [2.05, 4.69) is 5.32 Å². The molecular formula is C22H26F2N2O3. The summed E-state index contributed by atoms with van der Waals surface area (Å²) in [7, 11) is 0. The van der Waals surface area contributed by atoms with Crippen LogP contribution in [0.1, 0.15) is 32.8 Å². The van der Waals surface area contributed by atoms with E-state index in [1.807, 2.05) is 20.8 Å². The number of nitrogens with zero attached hydrogens (tertiary/aromatic N) is 1. The van der Waals surface area contributed by atoms with Crippen molar-refractivity contribution < 1.29 is 23.1 Å². The summed E-state index contributed by atoms with van der Waals surface area (Å²) >= 11 is 0. The molecule has 156 valence electrons. The van der Waals surface area contributed by atoms with Gasteiger partial charge in [0.25, 0.3) is 5.91 Å². The Bertz CT molecular complexity index is 808. The Morgan fingerprint density at radius 2 is 1.55 bits per heavy atom. The van der Waals surface area contributed by atoms with Crippen molar-refractivity contribution in [3.8, 4) is 5.75 Å². The molecule has 0 aliphatic heterocycles. The van der Waals surface area contributed by atoms with Crippen LogP contribution in [0.2, 0.25) is 0 Å². The van der Waals surface area contributed by atoms with Crippen molar-refractivity contribution in [3.05, 3.63) is 65.7 Å². The molecule has 2 rings (SSSR count). The van der Waals surface area contributed by atoms with Gasteiger partial charge in [-0.25, -0.2) is 8.78 Å². The molecule has 0 heterocycles. The lowest BCUT2D eigenvalue weighted by molar-refractivity contribution is -0.143. The molecule has 0 saturated heterocycles. The van der Waals surface area contributed by atoms with Crippen LogP contribution in [0.3, 0.4) is 0 Å². The smallest absolute Gasteiger partial charge is 0.261 e. The summed E-state index contributed by atoms with van der Waals surface area (Å²) in [6.45, 7) is 5.33. The fourth-order valence-corrected chi connectivity index (χ4v) is 2.85. The monoisotopic (exact) mass is 404 g/mol. The topological polar surface area (TPSA) is 58.6 Å². The van der Waals surface area contributed by atoms with Gasteiger partial charge in [-0.05, 0) is 62.2 Å². The van der Waals surface area contributed by atoms with Crippen molar-refractivity contribution in [2.24, 2.45) is 0 Å². The van der Waals surface area contributed by atoms with Crippen molar-refractivity contribution in [1.82, 2.24) is 10.2 Å². The molecule has 0 aromatic heterocycles. The molecule has 2 aromatic rings. The van der Waals surface area contributed by atoms with E-state index in [0.717, 1.165) is 0 Å². The molecule has 5 nitrogen and oxygen atoms in total. The van der Waals surface area contributed by atoms with Crippen LogP contribution in [0, 0.1) is 11.6 Å². The van der Waals surface area contributed by atoms with Crippen molar-refractivity contribution in [2.45, 2.75) is 45.8 Å². The first-order chi connectivity index (χ1) is 13.8.